The van der Waals surface area contributed by atoms with Crippen LogP contribution in [0.5, 0.6) is 0 Å². The highest BCUT2D eigenvalue weighted by atomic mass is 16.2. The summed E-state index contributed by atoms with van der Waals surface area (Å²) in [5.41, 5.74) is 3.99. The minimum atomic E-state index is -0.0263. The highest BCUT2D eigenvalue weighted by Gasteiger charge is 2.46. The Kier molecular flexibility index (Phi) is 3.91. The number of aromatic nitrogens is 4. The van der Waals surface area contributed by atoms with E-state index in [-0.39, 0.29) is 11.4 Å². The first kappa shape index (κ1) is 16.3. The smallest absolute Gasteiger partial charge is 0.272 e. The van der Waals surface area contributed by atoms with Gasteiger partial charge in [-0.25, -0.2) is 4.98 Å². The molecule has 2 aromatic rings. The number of amides is 1. The maximum Gasteiger partial charge on any atom is 0.272 e. The number of likely N-dealkylation sites (N-methyl/N-ethyl adjacent to an activating group) is 1. The Labute approximate surface area is 148 Å². The number of nitrogens with one attached hydrogen (secondary N) is 1. The number of aromatic amines is 1. The summed E-state index contributed by atoms with van der Waals surface area (Å²) in [7, 11) is 1.83. The summed E-state index contributed by atoms with van der Waals surface area (Å²) >= 11 is 0. The minimum Gasteiger partial charge on any atom is -0.348 e. The van der Waals surface area contributed by atoms with Crippen LogP contribution in [0, 0.1) is 6.92 Å². The fourth-order valence-corrected chi connectivity index (χ4v) is 4.59. The van der Waals surface area contributed by atoms with Crippen molar-refractivity contribution in [1.29, 1.82) is 0 Å². The maximum absolute atomic E-state index is 12.9. The monoisotopic (exact) mass is 342 g/mol. The van der Waals surface area contributed by atoms with E-state index in [1.165, 1.54) is 11.4 Å². The van der Waals surface area contributed by atoms with Crippen molar-refractivity contribution in [1.82, 2.24) is 29.5 Å². The first-order chi connectivity index (χ1) is 12.0. The lowest BCUT2D eigenvalue weighted by molar-refractivity contribution is 0.00989. The van der Waals surface area contributed by atoms with Gasteiger partial charge in [0.05, 0.1) is 23.3 Å². The van der Waals surface area contributed by atoms with Gasteiger partial charge >= 0.3 is 0 Å². The molecule has 2 aromatic heterocycles. The van der Waals surface area contributed by atoms with E-state index in [4.69, 9.17) is 0 Å². The number of H-pyrrole nitrogens is 1. The topological polar surface area (TPSA) is 70.1 Å². The van der Waals surface area contributed by atoms with E-state index in [0.717, 1.165) is 51.1 Å². The van der Waals surface area contributed by atoms with Crippen molar-refractivity contribution in [2.75, 3.05) is 26.2 Å². The predicted octanol–water partition coefficient (Wildman–Crippen LogP) is 1.46. The Bertz CT molecular complexity index is 783. The zero-order valence-electron chi connectivity index (χ0n) is 15.2. The van der Waals surface area contributed by atoms with Crippen molar-refractivity contribution in [3.63, 3.8) is 0 Å². The third-order valence-corrected chi connectivity index (χ3v) is 5.88. The highest BCUT2D eigenvalue weighted by molar-refractivity contribution is 5.92. The van der Waals surface area contributed by atoms with E-state index in [1.54, 1.807) is 4.68 Å². The number of aryl methyl sites for hydroxylation is 2. The molecule has 1 N–H and O–H groups in total. The molecule has 0 aromatic carbocycles. The quantitative estimate of drug-likeness (QED) is 0.897. The minimum absolute atomic E-state index is 0.0263. The van der Waals surface area contributed by atoms with E-state index in [1.807, 2.05) is 31.3 Å². The molecule has 4 heterocycles. The standard InChI is InChI=1S/C18H26N6O/c1-4-24-8-5-14-16(20-12-19-14)18(24)6-9-23(10-7-18)17(25)15-11-13(2)21-22(15)3/h11-12H,4-10H2,1-3H3,(H,19,20). The Morgan fingerprint density at radius 2 is 2.08 bits per heavy atom. The molecule has 0 aliphatic carbocycles. The van der Waals surface area contributed by atoms with Crippen LogP contribution in [0.3, 0.4) is 0 Å². The third kappa shape index (κ3) is 2.49. The van der Waals surface area contributed by atoms with E-state index >= 15 is 0 Å². The maximum atomic E-state index is 12.9. The van der Waals surface area contributed by atoms with Gasteiger partial charge in [0.15, 0.2) is 0 Å². The zero-order chi connectivity index (χ0) is 17.6. The Morgan fingerprint density at radius 1 is 1.32 bits per heavy atom. The van der Waals surface area contributed by atoms with Gasteiger partial charge in [0, 0.05) is 38.8 Å². The number of piperidine rings is 1. The largest absolute Gasteiger partial charge is 0.348 e. The molecule has 1 amide bonds. The summed E-state index contributed by atoms with van der Waals surface area (Å²) in [6, 6.07) is 1.87. The first-order valence-electron chi connectivity index (χ1n) is 9.13. The van der Waals surface area contributed by atoms with Crippen molar-refractivity contribution in [3.8, 4) is 0 Å². The van der Waals surface area contributed by atoms with Crippen LogP contribution in [0.2, 0.25) is 0 Å². The van der Waals surface area contributed by atoms with Gasteiger partial charge in [-0.15, -0.1) is 0 Å². The van der Waals surface area contributed by atoms with Crippen LogP contribution < -0.4 is 0 Å². The summed E-state index contributed by atoms with van der Waals surface area (Å²) in [6.45, 7) is 7.72. The van der Waals surface area contributed by atoms with Crippen molar-refractivity contribution < 1.29 is 4.79 Å². The second-order valence-electron chi connectivity index (χ2n) is 7.18. The van der Waals surface area contributed by atoms with Crippen LogP contribution in [0.15, 0.2) is 12.4 Å². The van der Waals surface area contributed by atoms with Gasteiger partial charge in [0.25, 0.3) is 5.91 Å². The molecule has 4 rings (SSSR count). The molecular weight excluding hydrogens is 316 g/mol. The van der Waals surface area contributed by atoms with Gasteiger partial charge in [0.2, 0.25) is 0 Å². The molecule has 0 saturated carbocycles. The zero-order valence-corrected chi connectivity index (χ0v) is 15.2. The van der Waals surface area contributed by atoms with Gasteiger partial charge in [-0.2, -0.15) is 5.10 Å². The molecule has 1 saturated heterocycles. The average Bonchev–Trinajstić information content (AvgIpc) is 3.22. The predicted molar refractivity (Wildman–Crippen MR) is 94.3 cm³/mol. The lowest BCUT2D eigenvalue weighted by Gasteiger charge is -2.50. The second kappa shape index (κ2) is 5.98. The van der Waals surface area contributed by atoms with E-state index in [2.05, 4.69) is 26.9 Å². The molecule has 7 nitrogen and oxygen atoms in total. The van der Waals surface area contributed by atoms with Crippen LogP contribution >= 0.6 is 0 Å². The van der Waals surface area contributed by atoms with Crippen molar-refractivity contribution in [2.24, 2.45) is 7.05 Å². The molecule has 0 bridgehead atoms. The van der Waals surface area contributed by atoms with Crippen molar-refractivity contribution in [2.45, 2.75) is 38.6 Å². The van der Waals surface area contributed by atoms with Crippen molar-refractivity contribution in [3.05, 3.63) is 35.2 Å². The molecule has 1 fully saturated rings. The lowest BCUT2D eigenvalue weighted by atomic mass is 9.78. The molecule has 7 heteroatoms. The molecule has 0 atom stereocenters. The molecular formula is C18H26N6O. The van der Waals surface area contributed by atoms with Gasteiger partial charge in [-0.05, 0) is 32.4 Å². The second-order valence-corrected chi connectivity index (χ2v) is 7.18. The average molecular weight is 342 g/mol. The fraction of sp³-hybridized carbons (Fsp3) is 0.611. The highest BCUT2D eigenvalue weighted by Crippen LogP contribution is 2.42. The summed E-state index contributed by atoms with van der Waals surface area (Å²) in [5.74, 6) is 0.0825. The van der Waals surface area contributed by atoms with Gasteiger partial charge < -0.3 is 9.88 Å². The molecule has 2 aliphatic rings. The molecule has 0 radical (unpaired) electrons. The van der Waals surface area contributed by atoms with E-state index in [9.17, 15) is 4.79 Å². The number of carbonyl (C=O) groups is 1. The van der Waals surface area contributed by atoms with Gasteiger partial charge in [-0.1, -0.05) is 6.92 Å². The number of carbonyl (C=O) groups excluding carboxylic acids is 1. The summed E-state index contributed by atoms with van der Waals surface area (Å²) in [4.78, 5) is 25.4. The summed E-state index contributed by atoms with van der Waals surface area (Å²) in [6.07, 6.45) is 4.71. The number of fused-ring (bicyclic) bond motifs is 2. The summed E-state index contributed by atoms with van der Waals surface area (Å²) < 4.78 is 1.69. The van der Waals surface area contributed by atoms with Crippen LogP contribution in [0.25, 0.3) is 0 Å². The van der Waals surface area contributed by atoms with Gasteiger partial charge in [0.1, 0.15) is 5.69 Å². The SMILES string of the molecule is CCN1CCc2[nH]cnc2C12CCN(C(=O)c1cc(C)nn1C)CC2. The number of imidazole rings is 1. The Balaban J connectivity index is 1.57. The summed E-state index contributed by atoms with van der Waals surface area (Å²) in [5, 5.41) is 4.31. The lowest BCUT2D eigenvalue weighted by Crippen LogP contribution is -2.57. The van der Waals surface area contributed by atoms with Crippen LogP contribution in [-0.4, -0.2) is 61.6 Å². The third-order valence-electron chi connectivity index (χ3n) is 5.88. The van der Waals surface area contributed by atoms with Crippen LogP contribution in [0.4, 0.5) is 0 Å². The van der Waals surface area contributed by atoms with Crippen LogP contribution in [-0.2, 0) is 19.0 Å². The molecule has 25 heavy (non-hydrogen) atoms. The Hall–Kier alpha value is -2.15. The van der Waals surface area contributed by atoms with E-state index < -0.39 is 0 Å². The first-order valence-corrected chi connectivity index (χ1v) is 9.13. The molecule has 2 aliphatic heterocycles. The van der Waals surface area contributed by atoms with Crippen molar-refractivity contribution >= 4 is 5.91 Å². The number of hydrogen-bond acceptors (Lipinski definition) is 4. The number of likely N-dealkylation sites (tertiary alicyclic amines) is 1. The normalized spacial score (nSPS) is 20.0. The van der Waals surface area contributed by atoms with Crippen LogP contribution in [0.1, 0.15) is 47.3 Å². The molecule has 0 unspecified atom stereocenters. The number of hydrogen-bond donors (Lipinski definition) is 1. The fourth-order valence-electron chi connectivity index (χ4n) is 4.59. The number of nitrogens with zero attached hydrogens (tertiary/aromatic N) is 5. The number of rotatable bonds is 2. The molecule has 134 valence electrons. The van der Waals surface area contributed by atoms with Gasteiger partial charge in [-0.3, -0.25) is 14.4 Å². The van der Waals surface area contributed by atoms with E-state index in [0.29, 0.717) is 5.69 Å². The Morgan fingerprint density at radius 3 is 2.72 bits per heavy atom. The molecule has 1 spiro atoms.